The number of rotatable bonds is 4. The molecule has 0 aliphatic rings. The predicted octanol–water partition coefficient (Wildman–Crippen LogP) is 1.39. The van der Waals surface area contributed by atoms with Crippen molar-refractivity contribution < 1.29 is 9.90 Å². The summed E-state index contributed by atoms with van der Waals surface area (Å²) in [6.45, 7) is 2.17. The normalized spacial score (nSPS) is 10.2. The second kappa shape index (κ2) is 5.34. The zero-order valence-electron chi connectivity index (χ0n) is 10.3. The van der Waals surface area contributed by atoms with Crippen molar-refractivity contribution in [3.8, 4) is 0 Å². The Bertz CT molecular complexity index is 647. The first-order chi connectivity index (χ1) is 9.04. The van der Waals surface area contributed by atoms with Gasteiger partial charge in [0.05, 0.1) is 5.56 Å². The van der Waals surface area contributed by atoms with Gasteiger partial charge in [0.25, 0.3) is 5.56 Å². The number of carbonyl (C=O) groups is 1. The molecule has 98 valence electrons. The maximum Gasteiger partial charge on any atom is 0.335 e. The maximum absolute atomic E-state index is 11.2. The van der Waals surface area contributed by atoms with Crippen LogP contribution in [0.25, 0.3) is 0 Å². The summed E-state index contributed by atoms with van der Waals surface area (Å²) in [6, 6.07) is 7.89. The molecule has 0 amide bonds. The minimum Gasteiger partial charge on any atom is -0.478 e. The van der Waals surface area contributed by atoms with Crippen molar-refractivity contribution in [1.82, 2.24) is 9.97 Å². The van der Waals surface area contributed by atoms with Crippen LogP contribution < -0.4 is 10.9 Å². The third kappa shape index (κ3) is 3.41. The van der Waals surface area contributed by atoms with Gasteiger partial charge in [0.1, 0.15) is 11.6 Å². The van der Waals surface area contributed by atoms with Gasteiger partial charge in [-0.2, -0.15) is 0 Å². The van der Waals surface area contributed by atoms with Crippen LogP contribution in [0.5, 0.6) is 0 Å². The average Bonchev–Trinajstić information content (AvgIpc) is 2.36. The van der Waals surface area contributed by atoms with Gasteiger partial charge in [0.15, 0.2) is 0 Å². The molecule has 6 heteroatoms. The van der Waals surface area contributed by atoms with Crippen LogP contribution in [0, 0.1) is 6.92 Å². The molecule has 1 aromatic heterocycles. The first-order valence-electron chi connectivity index (χ1n) is 5.68. The Balaban J connectivity index is 2.06. The molecule has 0 aliphatic heterocycles. The lowest BCUT2D eigenvalue weighted by atomic mass is 10.1. The summed E-state index contributed by atoms with van der Waals surface area (Å²) in [5.74, 6) is 0.0752. The Morgan fingerprint density at radius 3 is 2.63 bits per heavy atom. The largest absolute Gasteiger partial charge is 0.478 e. The third-order valence-electron chi connectivity index (χ3n) is 2.53. The fraction of sp³-hybridized carbons (Fsp3) is 0.154. The minimum atomic E-state index is -0.952. The Labute approximate surface area is 109 Å². The number of H-pyrrole nitrogens is 1. The number of aromatic carboxylic acids is 1. The number of nitrogens with one attached hydrogen (secondary N) is 2. The molecular formula is C13H13N3O3. The molecule has 1 aromatic carbocycles. The summed E-state index contributed by atoms with van der Waals surface area (Å²) in [5.41, 5.74) is 0.940. The number of hydrogen-bond acceptors (Lipinski definition) is 4. The van der Waals surface area contributed by atoms with E-state index < -0.39 is 5.97 Å². The number of benzene rings is 1. The standard InChI is InChI=1S/C13H13N3O3/c1-8-15-11(6-12(17)16-8)14-7-9-2-4-10(5-3-9)13(18)19/h2-6H,7H2,1H3,(H,18,19)(H2,14,15,16,17). The molecule has 0 saturated heterocycles. The van der Waals surface area contributed by atoms with Gasteiger partial charge in [-0.3, -0.25) is 4.79 Å². The van der Waals surface area contributed by atoms with Gasteiger partial charge < -0.3 is 15.4 Å². The number of aromatic amines is 1. The van der Waals surface area contributed by atoms with Gasteiger partial charge in [0.2, 0.25) is 0 Å². The molecular weight excluding hydrogens is 246 g/mol. The van der Waals surface area contributed by atoms with Crippen LogP contribution in [0.1, 0.15) is 21.7 Å². The molecule has 0 atom stereocenters. The molecule has 2 aromatic rings. The van der Waals surface area contributed by atoms with E-state index in [0.29, 0.717) is 18.2 Å². The van der Waals surface area contributed by atoms with E-state index in [1.165, 1.54) is 18.2 Å². The summed E-state index contributed by atoms with van der Waals surface area (Å²) >= 11 is 0. The lowest BCUT2D eigenvalue weighted by Crippen LogP contribution is -2.11. The van der Waals surface area contributed by atoms with Crippen LogP contribution in [-0.2, 0) is 6.54 Å². The van der Waals surface area contributed by atoms with Crippen LogP contribution in [-0.4, -0.2) is 21.0 Å². The van der Waals surface area contributed by atoms with Crippen LogP contribution in [0.15, 0.2) is 35.1 Å². The highest BCUT2D eigenvalue weighted by Gasteiger charge is 2.02. The summed E-state index contributed by atoms with van der Waals surface area (Å²) in [5, 5.41) is 11.8. The molecule has 0 bridgehead atoms. The van der Waals surface area contributed by atoms with Crippen molar-refractivity contribution in [2.45, 2.75) is 13.5 Å². The molecule has 19 heavy (non-hydrogen) atoms. The number of aromatic nitrogens is 2. The van der Waals surface area contributed by atoms with Crippen molar-refractivity contribution in [3.05, 3.63) is 57.6 Å². The second-order valence-electron chi connectivity index (χ2n) is 4.07. The first-order valence-corrected chi connectivity index (χ1v) is 5.68. The van der Waals surface area contributed by atoms with Crippen molar-refractivity contribution in [3.63, 3.8) is 0 Å². The summed E-state index contributed by atoms with van der Waals surface area (Å²) in [7, 11) is 0. The molecule has 0 spiro atoms. The molecule has 0 fully saturated rings. The van der Waals surface area contributed by atoms with E-state index >= 15 is 0 Å². The Hall–Kier alpha value is -2.63. The Kier molecular flexibility index (Phi) is 3.61. The van der Waals surface area contributed by atoms with E-state index in [1.807, 2.05) is 0 Å². The smallest absolute Gasteiger partial charge is 0.335 e. The van der Waals surface area contributed by atoms with Crippen LogP contribution in [0.3, 0.4) is 0 Å². The highest BCUT2D eigenvalue weighted by Crippen LogP contribution is 2.07. The first kappa shape index (κ1) is 12.8. The number of aryl methyl sites for hydroxylation is 1. The van der Waals surface area contributed by atoms with Gasteiger partial charge in [-0.15, -0.1) is 0 Å². The molecule has 0 saturated carbocycles. The van der Waals surface area contributed by atoms with Crippen LogP contribution in [0.2, 0.25) is 0 Å². The number of nitrogens with zero attached hydrogens (tertiary/aromatic N) is 1. The van der Waals surface area contributed by atoms with E-state index in [2.05, 4.69) is 15.3 Å². The molecule has 0 radical (unpaired) electrons. The van der Waals surface area contributed by atoms with Gasteiger partial charge >= 0.3 is 5.97 Å². The van der Waals surface area contributed by atoms with E-state index in [9.17, 15) is 9.59 Å². The molecule has 0 aliphatic carbocycles. The number of carboxylic acid groups (broad SMARTS) is 1. The fourth-order valence-electron chi connectivity index (χ4n) is 1.63. The number of hydrogen-bond donors (Lipinski definition) is 3. The highest BCUT2D eigenvalue weighted by molar-refractivity contribution is 5.87. The number of anilines is 1. The minimum absolute atomic E-state index is 0.212. The molecule has 2 rings (SSSR count). The van der Waals surface area contributed by atoms with E-state index in [1.54, 1.807) is 19.1 Å². The zero-order chi connectivity index (χ0) is 13.8. The topological polar surface area (TPSA) is 95.1 Å². The maximum atomic E-state index is 11.2. The number of carboxylic acids is 1. The predicted molar refractivity (Wildman–Crippen MR) is 70.3 cm³/mol. The van der Waals surface area contributed by atoms with Crippen molar-refractivity contribution in [1.29, 1.82) is 0 Å². The van der Waals surface area contributed by atoms with Gasteiger partial charge in [-0.25, -0.2) is 9.78 Å². The zero-order valence-corrected chi connectivity index (χ0v) is 10.3. The molecule has 1 heterocycles. The van der Waals surface area contributed by atoms with Crippen molar-refractivity contribution in [2.75, 3.05) is 5.32 Å². The molecule has 6 nitrogen and oxygen atoms in total. The van der Waals surface area contributed by atoms with E-state index in [-0.39, 0.29) is 11.1 Å². The molecule has 0 unspecified atom stereocenters. The van der Waals surface area contributed by atoms with E-state index in [0.717, 1.165) is 5.56 Å². The molecule has 3 N–H and O–H groups in total. The monoisotopic (exact) mass is 259 g/mol. The van der Waals surface area contributed by atoms with E-state index in [4.69, 9.17) is 5.11 Å². The summed E-state index contributed by atoms with van der Waals surface area (Å²) < 4.78 is 0. The lowest BCUT2D eigenvalue weighted by molar-refractivity contribution is 0.0697. The Morgan fingerprint density at radius 2 is 2.05 bits per heavy atom. The van der Waals surface area contributed by atoms with Crippen molar-refractivity contribution in [2.24, 2.45) is 0 Å². The SMILES string of the molecule is Cc1nc(NCc2ccc(C(=O)O)cc2)cc(=O)[nH]1. The summed E-state index contributed by atoms with van der Waals surface area (Å²) in [6.07, 6.45) is 0. The lowest BCUT2D eigenvalue weighted by Gasteiger charge is -2.06. The summed E-state index contributed by atoms with van der Waals surface area (Å²) in [4.78, 5) is 28.6. The van der Waals surface area contributed by atoms with Gasteiger partial charge in [-0.05, 0) is 24.6 Å². The van der Waals surface area contributed by atoms with Gasteiger partial charge in [0, 0.05) is 12.6 Å². The Morgan fingerprint density at radius 1 is 1.37 bits per heavy atom. The second-order valence-corrected chi connectivity index (χ2v) is 4.07. The average molecular weight is 259 g/mol. The van der Waals surface area contributed by atoms with Crippen LogP contribution >= 0.6 is 0 Å². The quantitative estimate of drug-likeness (QED) is 0.771. The fourth-order valence-corrected chi connectivity index (χ4v) is 1.63. The van der Waals surface area contributed by atoms with Gasteiger partial charge in [-0.1, -0.05) is 12.1 Å². The van der Waals surface area contributed by atoms with Crippen LogP contribution in [0.4, 0.5) is 5.82 Å². The third-order valence-corrected chi connectivity index (χ3v) is 2.53. The highest BCUT2D eigenvalue weighted by atomic mass is 16.4. The van der Waals surface area contributed by atoms with Crippen molar-refractivity contribution >= 4 is 11.8 Å².